The summed E-state index contributed by atoms with van der Waals surface area (Å²) in [7, 11) is -3.76. The molecule has 7 heteroatoms. The van der Waals surface area contributed by atoms with Gasteiger partial charge in [0.15, 0.2) is 0 Å². The van der Waals surface area contributed by atoms with Crippen molar-refractivity contribution in [2.45, 2.75) is 58.3 Å². The van der Waals surface area contributed by atoms with Crippen LogP contribution in [-0.4, -0.2) is 39.8 Å². The van der Waals surface area contributed by atoms with E-state index in [0.29, 0.717) is 36.6 Å². The summed E-state index contributed by atoms with van der Waals surface area (Å²) < 4.78 is 39.9. The van der Waals surface area contributed by atoms with Gasteiger partial charge in [-0.25, -0.2) is 17.7 Å². The van der Waals surface area contributed by atoms with Crippen molar-refractivity contribution in [3.8, 4) is 5.75 Å². The van der Waals surface area contributed by atoms with Gasteiger partial charge >= 0.3 is 0 Å². The third-order valence-corrected chi connectivity index (χ3v) is 7.51. The van der Waals surface area contributed by atoms with Crippen molar-refractivity contribution < 1.29 is 17.9 Å². The van der Waals surface area contributed by atoms with Gasteiger partial charge in [0.25, 0.3) is 10.0 Å². The van der Waals surface area contributed by atoms with E-state index < -0.39 is 10.0 Å². The monoisotopic (exact) mass is 460 g/mol. The van der Waals surface area contributed by atoms with Crippen LogP contribution in [-0.2, 0) is 14.8 Å². The van der Waals surface area contributed by atoms with Crippen molar-refractivity contribution in [2.24, 2.45) is 11.8 Å². The molecule has 0 amide bonds. The SMILES string of the molecule is Cc1cc(C(C)C)cnc1N(CC(C)C)S(=O)(=O)c1ccc(OCC2CCOCC2)cc1. The molecule has 0 bridgehead atoms. The van der Waals surface area contributed by atoms with Crippen molar-refractivity contribution in [1.29, 1.82) is 0 Å². The lowest BCUT2D eigenvalue weighted by atomic mass is 10.0. The van der Waals surface area contributed by atoms with Crippen LogP contribution in [0.3, 0.4) is 0 Å². The Hall–Kier alpha value is -2.12. The molecule has 0 radical (unpaired) electrons. The van der Waals surface area contributed by atoms with Gasteiger partial charge in [-0.15, -0.1) is 0 Å². The van der Waals surface area contributed by atoms with E-state index in [4.69, 9.17) is 9.47 Å². The molecule has 6 nitrogen and oxygen atoms in total. The predicted molar refractivity (Wildman–Crippen MR) is 128 cm³/mol. The summed E-state index contributed by atoms with van der Waals surface area (Å²) in [4.78, 5) is 4.80. The Bertz CT molecular complexity index is 982. The van der Waals surface area contributed by atoms with Gasteiger partial charge in [-0.2, -0.15) is 0 Å². The van der Waals surface area contributed by atoms with E-state index in [1.54, 1.807) is 30.5 Å². The van der Waals surface area contributed by atoms with Crippen LogP contribution < -0.4 is 9.04 Å². The highest BCUT2D eigenvalue weighted by molar-refractivity contribution is 7.92. The summed E-state index contributed by atoms with van der Waals surface area (Å²) in [5, 5.41) is 0. The predicted octanol–water partition coefficient (Wildman–Crippen LogP) is 5.17. The van der Waals surface area contributed by atoms with Crippen LogP contribution in [0.4, 0.5) is 5.82 Å². The number of aromatic nitrogens is 1. The highest BCUT2D eigenvalue weighted by atomic mass is 32.2. The molecule has 32 heavy (non-hydrogen) atoms. The first kappa shape index (κ1) is 24.5. The molecule has 1 aromatic heterocycles. The fraction of sp³-hybridized carbons (Fsp3) is 0.560. The number of rotatable bonds is 9. The van der Waals surface area contributed by atoms with Gasteiger partial charge in [0.2, 0.25) is 0 Å². The molecule has 0 saturated carbocycles. The van der Waals surface area contributed by atoms with E-state index in [0.717, 1.165) is 37.2 Å². The van der Waals surface area contributed by atoms with Gasteiger partial charge in [0.05, 0.1) is 11.5 Å². The van der Waals surface area contributed by atoms with Crippen LogP contribution in [0.1, 0.15) is 57.6 Å². The minimum atomic E-state index is -3.76. The molecule has 1 aliphatic rings. The third-order valence-electron chi connectivity index (χ3n) is 5.74. The minimum absolute atomic E-state index is 0.151. The summed E-state index contributed by atoms with van der Waals surface area (Å²) in [6.07, 6.45) is 3.78. The van der Waals surface area contributed by atoms with Crippen LogP contribution in [0.25, 0.3) is 0 Å². The van der Waals surface area contributed by atoms with Crippen molar-refractivity contribution in [2.75, 3.05) is 30.7 Å². The topological polar surface area (TPSA) is 68.7 Å². The quantitative estimate of drug-likeness (QED) is 0.516. The number of ether oxygens (including phenoxy) is 2. The van der Waals surface area contributed by atoms with Crippen molar-refractivity contribution in [3.63, 3.8) is 0 Å². The molecule has 1 aliphatic heterocycles. The molecule has 0 atom stereocenters. The standard InChI is InChI=1S/C25H36N2O4S/c1-18(2)16-27(25-20(5)14-22(15-26-25)19(3)4)32(28,29)24-8-6-23(7-9-24)31-17-21-10-12-30-13-11-21/h6-9,14-15,18-19,21H,10-13,16-17H2,1-5H3. The first-order valence-electron chi connectivity index (χ1n) is 11.5. The van der Waals surface area contributed by atoms with Crippen molar-refractivity contribution in [3.05, 3.63) is 47.7 Å². The highest BCUT2D eigenvalue weighted by Crippen LogP contribution is 2.29. The Morgan fingerprint density at radius 2 is 1.78 bits per heavy atom. The molecule has 0 aliphatic carbocycles. The molecule has 2 heterocycles. The number of hydrogen-bond acceptors (Lipinski definition) is 5. The fourth-order valence-corrected chi connectivity index (χ4v) is 5.41. The van der Waals surface area contributed by atoms with E-state index in [9.17, 15) is 8.42 Å². The van der Waals surface area contributed by atoms with E-state index >= 15 is 0 Å². The Kier molecular flexibility index (Phi) is 8.17. The molecule has 3 rings (SSSR count). The molecule has 0 spiro atoms. The van der Waals surface area contributed by atoms with E-state index in [1.165, 1.54) is 4.31 Å². The van der Waals surface area contributed by atoms with Crippen LogP contribution >= 0.6 is 0 Å². The average Bonchev–Trinajstić information content (AvgIpc) is 2.77. The summed E-state index contributed by atoms with van der Waals surface area (Å²) in [5.74, 6) is 2.14. The first-order chi connectivity index (χ1) is 15.2. The second kappa shape index (κ2) is 10.7. The van der Waals surface area contributed by atoms with E-state index in [2.05, 4.69) is 18.8 Å². The molecule has 0 unspecified atom stereocenters. The summed E-state index contributed by atoms with van der Waals surface area (Å²) >= 11 is 0. The lowest BCUT2D eigenvalue weighted by Gasteiger charge is -2.27. The molecule has 176 valence electrons. The average molecular weight is 461 g/mol. The number of anilines is 1. The van der Waals surface area contributed by atoms with Gasteiger partial charge in [0.1, 0.15) is 11.6 Å². The van der Waals surface area contributed by atoms with Crippen molar-refractivity contribution >= 4 is 15.8 Å². The molecule has 1 aromatic carbocycles. The Labute approximate surface area is 193 Å². The Morgan fingerprint density at radius 3 is 2.34 bits per heavy atom. The molecule has 1 saturated heterocycles. The molecule has 2 aromatic rings. The fourth-order valence-electron chi connectivity index (χ4n) is 3.76. The third kappa shape index (κ3) is 6.01. The van der Waals surface area contributed by atoms with E-state index in [-0.39, 0.29) is 10.8 Å². The first-order valence-corrected chi connectivity index (χ1v) is 12.9. The number of pyridine rings is 1. The number of benzene rings is 1. The maximum Gasteiger partial charge on any atom is 0.265 e. The number of aryl methyl sites for hydroxylation is 1. The van der Waals surface area contributed by atoms with Crippen LogP contribution in [0.2, 0.25) is 0 Å². The molecular weight excluding hydrogens is 424 g/mol. The molecule has 1 fully saturated rings. The number of sulfonamides is 1. The van der Waals surface area contributed by atoms with Crippen LogP contribution in [0.5, 0.6) is 5.75 Å². The maximum absolute atomic E-state index is 13.6. The summed E-state index contributed by atoms with van der Waals surface area (Å²) in [6, 6.07) is 8.76. The minimum Gasteiger partial charge on any atom is -0.493 e. The highest BCUT2D eigenvalue weighted by Gasteiger charge is 2.28. The Morgan fingerprint density at radius 1 is 1.12 bits per heavy atom. The van der Waals surface area contributed by atoms with Gasteiger partial charge in [-0.05, 0) is 72.9 Å². The summed E-state index contributed by atoms with van der Waals surface area (Å²) in [5.41, 5.74) is 1.95. The second-order valence-corrected chi connectivity index (χ2v) is 11.2. The lowest BCUT2D eigenvalue weighted by molar-refractivity contribution is 0.0497. The second-order valence-electron chi connectivity index (χ2n) is 9.33. The van der Waals surface area contributed by atoms with Gasteiger partial charge in [-0.3, -0.25) is 0 Å². The van der Waals surface area contributed by atoms with Gasteiger partial charge in [-0.1, -0.05) is 33.8 Å². The smallest absolute Gasteiger partial charge is 0.265 e. The molecule has 0 N–H and O–H groups in total. The van der Waals surface area contributed by atoms with Crippen LogP contribution in [0.15, 0.2) is 41.4 Å². The van der Waals surface area contributed by atoms with Gasteiger partial charge in [0, 0.05) is 26.0 Å². The molecular formula is C25H36N2O4S. The zero-order valence-electron chi connectivity index (χ0n) is 19.9. The Balaban J connectivity index is 1.82. The number of hydrogen-bond donors (Lipinski definition) is 0. The normalized spacial score (nSPS) is 15.3. The van der Waals surface area contributed by atoms with E-state index in [1.807, 2.05) is 26.8 Å². The lowest BCUT2D eigenvalue weighted by Crippen LogP contribution is -2.35. The van der Waals surface area contributed by atoms with Gasteiger partial charge < -0.3 is 9.47 Å². The number of nitrogens with zero attached hydrogens (tertiary/aromatic N) is 2. The zero-order valence-corrected chi connectivity index (χ0v) is 20.7. The summed E-state index contributed by atoms with van der Waals surface area (Å²) in [6.45, 7) is 12.7. The van der Waals surface area contributed by atoms with Crippen LogP contribution in [0, 0.1) is 18.8 Å². The van der Waals surface area contributed by atoms with Crippen molar-refractivity contribution in [1.82, 2.24) is 4.98 Å². The largest absolute Gasteiger partial charge is 0.493 e. The maximum atomic E-state index is 13.6. The zero-order chi connectivity index (χ0) is 23.3.